The lowest BCUT2D eigenvalue weighted by Crippen LogP contribution is -2.45. The fourth-order valence-electron chi connectivity index (χ4n) is 2.04. The molecule has 1 atom stereocenters. The Labute approximate surface area is 113 Å². The molecule has 1 aliphatic rings. The van der Waals surface area contributed by atoms with E-state index in [2.05, 4.69) is 4.74 Å². The van der Waals surface area contributed by atoms with Crippen LogP contribution < -0.4 is 0 Å². The highest BCUT2D eigenvalue weighted by molar-refractivity contribution is 5.74. The minimum atomic E-state index is -1.11. The molecule has 110 valence electrons. The number of hydrogen-bond acceptors (Lipinski definition) is 5. The maximum absolute atomic E-state index is 11.8. The Kier molecular flexibility index (Phi) is 5.17. The number of esters is 1. The molecule has 1 fully saturated rings. The lowest BCUT2D eigenvalue weighted by Gasteiger charge is -2.34. The fraction of sp³-hybridized carbons (Fsp3) is 0.846. The summed E-state index contributed by atoms with van der Waals surface area (Å²) in [7, 11) is 1.25. The van der Waals surface area contributed by atoms with E-state index in [1.807, 2.05) is 20.8 Å². The number of carbonyl (C=O) groups is 2. The van der Waals surface area contributed by atoms with Crippen LogP contribution in [0.3, 0.4) is 0 Å². The van der Waals surface area contributed by atoms with E-state index in [1.165, 1.54) is 7.11 Å². The smallest absolute Gasteiger partial charge is 0.410 e. The predicted octanol–water partition coefficient (Wildman–Crippen LogP) is 1.17. The molecule has 0 saturated carbocycles. The third-order valence-electron chi connectivity index (χ3n) is 3.08. The van der Waals surface area contributed by atoms with Gasteiger partial charge in [-0.3, -0.25) is 0 Å². The predicted molar refractivity (Wildman–Crippen MR) is 68.6 cm³/mol. The first-order valence-electron chi connectivity index (χ1n) is 6.48. The summed E-state index contributed by atoms with van der Waals surface area (Å²) in [6.45, 7) is 6.41. The summed E-state index contributed by atoms with van der Waals surface area (Å²) in [6.07, 6.45) is -0.324. The number of methoxy groups -OCH3 is 1. The first kappa shape index (κ1) is 15.8. The summed E-state index contributed by atoms with van der Waals surface area (Å²) < 4.78 is 9.79. The monoisotopic (exact) mass is 273 g/mol. The fourth-order valence-corrected chi connectivity index (χ4v) is 2.04. The van der Waals surface area contributed by atoms with E-state index in [4.69, 9.17) is 4.74 Å². The summed E-state index contributed by atoms with van der Waals surface area (Å²) >= 11 is 0. The van der Waals surface area contributed by atoms with Gasteiger partial charge in [0.2, 0.25) is 0 Å². The van der Waals surface area contributed by atoms with Crippen molar-refractivity contribution in [2.45, 2.75) is 45.3 Å². The van der Waals surface area contributed by atoms with Crippen LogP contribution in [0.2, 0.25) is 0 Å². The molecule has 0 aromatic rings. The van der Waals surface area contributed by atoms with Gasteiger partial charge in [0.25, 0.3) is 0 Å². The largest absolute Gasteiger partial charge is 0.467 e. The third-order valence-corrected chi connectivity index (χ3v) is 3.08. The van der Waals surface area contributed by atoms with E-state index in [1.54, 1.807) is 4.90 Å². The third kappa shape index (κ3) is 4.70. The summed E-state index contributed by atoms with van der Waals surface area (Å²) in [4.78, 5) is 24.7. The molecular weight excluding hydrogens is 250 g/mol. The summed E-state index contributed by atoms with van der Waals surface area (Å²) in [5, 5.41) is 9.74. The standard InChI is InChI=1S/C13H23NO5/c1-13(2,3)19-12(17)14-7-5-9(6-8-14)10(15)11(16)18-4/h9-10,15H,5-8H2,1-4H3. The minimum Gasteiger partial charge on any atom is -0.467 e. The van der Waals surface area contributed by atoms with E-state index in [9.17, 15) is 14.7 Å². The lowest BCUT2D eigenvalue weighted by atomic mass is 9.91. The van der Waals surface area contributed by atoms with Gasteiger partial charge in [-0.15, -0.1) is 0 Å². The van der Waals surface area contributed by atoms with Gasteiger partial charge in [-0.2, -0.15) is 0 Å². The number of aliphatic hydroxyl groups excluding tert-OH is 1. The Morgan fingerprint density at radius 1 is 1.26 bits per heavy atom. The molecule has 1 N–H and O–H groups in total. The van der Waals surface area contributed by atoms with Crippen LogP contribution in [0.15, 0.2) is 0 Å². The van der Waals surface area contributed by atoms with Crippen molar-refractivity contribution in [3.8, 4) is 0 Å². The van der Waals surface area contributed by atoms with Gasteiger partial charge >= 0.3 is 12.1 Å². The average Bonchev–Trinajstić information content (AvgIpc) is 2.35. The topological polar surface area (TPSA) is 76.1 Å². The average molecular weight is 273 g/mol. The zero-order valence-corrected chi connectivity index (χ0v) is 12.0. The second-order valence-electron chi connectivity index (χ2n) is 5.77. The summed E-state index contributed by atoms with van der Waals surface area (Å²) in [5.74, 6) is -0.776. The number of aliphatic hydroxyl groups is 1. The number of rotatable bonds is 2. The Bertz CT molecular complexity index is 328. The molecule has 0 aromatic carbocycles. The molecule has 19 heavy (non-hydrogen) atoms. The van der Waals surface area contributed by atoms with Crippen LogP contribution in [0.1, 0.15) is 33.6 Å². The number of ether oxygens (including phenoxy) is 2. The summed E-state index contributed by atoms with van der Waals surface area (Å²) in [6, 6.07) is 0. The highest BCUT2D eigenvalue weighted by atomic mass is 16.6. The molecule has 6 heteroatoms. The zero-order chi connectivity index (χ0) is 14.6. The zero-order valence-electron chi connectivity index (χ0n) is 12.0. The number of hydrogen-bond donors (Lipinski definition) is 1. The van der Waals surface area contributed by atoms with Gasteiger partial charge in [0.1, 0.15) is 5.60 Å². The molecule has 0 radical (unpaired) electrons. The maximum Gasteiger partial charge on any atom is 0.410 e. The Morgan fingerprint density at radius 2 is 1.79 bits per heavy atom. The van der Waals surface area contributed by atoms with Crippen molar-refractivity contribution in [3.05, 3.63) is 0 Å². The molecule has 1 saturated heterocycles. The van der Waals surface area contributed by atoms with E-state index in [-0.39, 0.29) is 12.0 Å². The first-order chi connectivity index (χ1) is 8.74. The van der Waals surface area contributed by atoms with Crippen LogP contribution in [0.4, 0.5) is 4.79 Å². The normalized spacial score (nSPS) is 18.9. The number of carbonyl (C=O) groups excluding carboxylic acids is 2. The van der Waals surface area contributed by atoms with Crippen LogP contribution in [0.5, 0.6) is 0 Å². The highest BCUT2D eigenvalue weighted by Crippen LogP contribution is 2.23. The maximum atomic E-state index is 11.8. The second kappa shape index (κ2) is 6.23. The number of likely N-dealkylation sites (tertiary alicyclic amines) is 1. The Hall–Kier alpha value is -1.30. The van der Waals surface area contributed by atoms with Crippen molar-refractivity contribution in [1.29, 1.82) is 0 Å². The lowest BCUT2D eigenvalue weighted by molar-refractivity contribution is -0.154. The van der Waals surface area contributed by atoms with Crippen molar-refractivity contribution < 1.29 is 24.2 Å². The van der Waals surface area contributed by atoms with Crippen LogP contribution in [0.25, 0.3) is 0 Å². The van der Waals surface area contributed by atoms with Crippen molar-refractivity contribution in [1.82, 2.24) is 4.90 Å². The molecule has 1 unspecified atom stereocenters. The Morgan fingerprint density at radius 3 is 2.21 bits per heavy atom. The highest BCUT2D eigenvalue weighted by Gasteiger charge is 2.33. The van der Waals surface area contributed by atoms with Gasteiger partial charge in [-0.25, -0.2) is 9.59 Å². The number of piperidine rings is 1. The molecule has 0 bridgehead atoms. The number of nitrogens with zero attached hydrogens (tertiary/aromatic N) is 1. The van der Waals surface area contributed by atoms with Crippen LogP contribution >= 0.6 is 0 Å². The van der Waals surface area contributed by atoms with Gasteiger partial charge in [0, 0.05) is 13.1 Å². The molecule has 1 amide bonds. The van der Waals surface area contributed by atoms with Crippen molar-refractivity contribution >= 4 is 12.1 Å². The summed E-state index contributed by atoms with van der Waals surface area (Å²) in [5.41, 5.74) is -0.514. The van der Waals surface area contributed by atoms with Gasteiger partial charge in [-0.05, 0) is 39.5 Å². The van der Waals surface area contributed by atoms with E-state index >= 15 is 0 Å². The van der Waals surface area contributed by atoms with E-state index < -0.39 is 17.7 Å². The van der Waals surface area contributed by atoms with Gasteiger partial charge < -0.3 is 19.5 Å². The van der Waals surface area contributed by atoms with E-state index in [0.717, 1.165) is 0 Å². The molecule has 1 rings (SSSR count). The van der Waals surface area contributed by atoms with Crippen LogP contribution in [-0.4, -0.2) is 54.0 Å². The molecule has 0 aliphatic carbocycles. The molecule has 0 aromatic heterocycles. The van der Waals surface area contributed by atoms with Crippen molar-refractivity contribution in [2.24, 2.45) is 5.92 Å². The minimum absolute atomic E-state index is 0.161. The van der Waals surface area contributed by atoms with Gasteiger partial charge in [0.15, 0.2) is 6.10 Å². The Balaban J connectivity index is 2.45. The molecule has 1 heterocycles. The molecule has 1 aliphatic heterocycles. The molecule has 6 nitrogen and oxygen atoms in total. The van der Waals surface area contributed by atoms with E-state index in [0.29, 0.717) is 25.9 Å². The molecule has 0 spiro atoms. The second-order valence-corrected chi connectivity index (χ2v) is 5.77. The van der Waals surface area contributed by atoms with Gasteiger partial charge in [0.05, 0.1) is 7.11 Å². The van der Waals surface area contributed by atoms with Crippen molar-refractivity contribution in [2.75, 3.05) is 20.2 Å². The SMILES string of the molecule is COC(=O)C(O)C1CCN(C(=O)OC(C)(C)C)CC1. The first-order valence-corrected chi connectivity index (χ1v) is 6.48. The van der Waals surface area contributed by atoms with Crippen LogP contribution in [-0.2, 0) is 14.3 Å². The molecular formula is C13H23NO5. The van der Waals surface area contributed by atoms with Crippen molar-refractivity contribution in [3.63, 3.8) is 0 Å². The van der Waals surface area contributed by atoms with Crippen LogP contribution in [0, 0.1) is 5.92 Å². The quantitative estimate of drug-likeness (QED) is 0.764. The number of amides is 1. The van der Waals surface area contributed by atoms with Gasteiger partial charge in [-0.1, -0.05) is 0 Å².